The van der Waals surface area contributed by atoms with Gasteiger partial charge >= 0.3 is 0 Å². The van der Waals surface area contributed by atoms with Gasteiger partial charge in [0.2, 0.25) is 0 Å². The molecule has 0 radical (unpaired) electrons. The zero-order valence-corrected chi connectivity index (χ0v) is 15.1. The van der Waals surface area contributed by atoms with Crippen molar-refractivity contribution in [2.45, 2.75) is 25.9 Å². The number of fused-ring (bicyclic) bond motifs is 1. The maximum Gasteiger partial charge on any atom is 0.266 e. The van der Waals surface area contributed by atoms with E-state index in [2.05, 4.69) is 15.5 Å². The molecule has 0 bridgehead atoms. The number of unbranched alkanes of at least 4 members (excludes halogenated alkanes) is 1. The van der Waals surface area contributed by atoms with Gasteiger partial charge < -0.3 is 14.8 Å². The standard InChI is InChI=1S/C20H22FN3O3/c1-14(27-15-7-3-2-4-8-15)20(25)22-19-17-13-16(26-12-6-5-11-21)9-10-18(17)23-24-19/h2-4,7-10,13-14H,5-6,11-12H2,1H3,(H2,22,23,24,25). The average Bonchev–Trinajstić information content (AvgIpc) is 3.08. The van der Waals surface area contributed by atoms with E-state index in [1.165, 1.54) is 0 Å². The number of H-pyrrole nitrogens is 1. The predicted molar refractivity (Wildman–Crippen MR) is 102 cm³/mol. The van der Waals surface area contributed by atoms with E-state index in [0.29, 0.717) is 36.8 Å². The summed E-state index contributed by atoms with van der Waals surface area (Å²) in [7, 11) is 0. The molecule has 0 saturated carbocycles. The SMILES string of the molecule is CC(Oc1ccccc1)C(=O)Nc1n[nH]c2ccc(OCCCCF)cc12. The van der Waals surface area contributed by atoms with Gasteiger partial charge in [-0.2, -0.15) is 5.10 Å². The molecule has 0 saturated heterocycles. The first kappa shape index (κ1) is 18.7. The second-order valence-electron chi connectivity index (χ2n) is 6.09. The number of hydrogen-bond donors (Lipinski definition) is 2. The first-order valence-corrected chi connectivity index (χ1v) is 8.87. The number of aromatic nitrogens is 2. The molecule has 0 aliphatic heterocycles. The smallest absolute Gasteiger partial charge is 0.266 e. The molecule has 1 heterocycles. The van der Waals surface area contributed by atoms with Crippen LogP contribution < -0.4 is 14.8 Å². The van der Waals surface area contributed by atoms with Crippen LogP contribution in [0.4, 0.5) is 10.2 Å². The molecule has 0 aliphatic carbocycles. The fraction of sp³-hybridized carbons (Fsp3) is 0.300. The first-order valence-electron chi connectivity index (χ1n) is 8.87. The summed E-state index contributed by atoms with van der Waals surface area (Å²) in [5, 5.41) is 10.5. The summed E-state index contributed by atoms with van der Waals surface area (Å²) in [4.78, 5) is 12.4. The van der Waals surface area contributed by atoms with Crippen LogP contribution in [0.5, 0.6) is 11.5 Å². The fourth-order valence-corrected chi connectivity index (χ4v) is 2.54. The van der Waals surface area contributed by atoms with Gasteiger partial charge in [0, 0.05) is 5.39 Å². The summed E-state index contributed by atoms with van der Waals surface area (Å²) in [6.45, 7) is 1.77. The summed E-state index contributed by atoms with van der Waals surface area (Å²) in [6, 6.07) is 14.6. The number of hydrogen-bond acceptors (Lipinski definition) is 4. The number of rotatable bonds is 9. The van der Waals surface area contributed by atoms with Crippen molar-refractivity contribution >= 4 is 22.6 Å². The summed E-state index contributed by atoms with van der Waals surface area (Å²) in [5.74, 6) is 1.37. The molecular formula is C20H22FN3O3. The van der Waals surface area contributed by atoms with Crippen LogP contribution in [0.3, 0.4) is 0 Å². The Morgan fingerprint density at radius 1 is 1.19 bits per heavy atom. The Labute approximate surface area is 156 Å². The molecule has 0 aliphatic rings. The molecular weight excluding hydrogens is 349 g/mol. The van der Waals surface area contributed by atoms with E-state index in [9.17, 15) is 9.18 Å². The number of ether oxygens (including phenoxy) is 2. The van der Waals surface area contributed by atoms with Crippen molar-refractivity contribution in [2.75, 3.05) is 18.6 Å². The van der Waals surface area contributed by atoms with E-state index in [-0.39, 0.29) is 12.6 Å². The number of halogens is 1. The highest BCUT2D eigenvalue weighted by molar-refractivity contribution is 6.01. The number of anilines is 1. The third-order valence-corrected chi connectivity index (χ3v) is 4.00. The molecule has 3 aromatic rings. The fourth-order valence-electron chi connectivity index (χ4n) is 2.54. The van der Waals surface area contributed by atoms with Crippen molar-refractivity contribution in [1.29, 1.82) is 0 Å². The molecule has 0 spiro atoms. The monoisotopic (exact) mass is 371 g/mol. The summed E-state index contributed by atoms with van der Waals surface area (Å²) in [5.41, 5.74) is 0.776. The molecule has 27 heavy (non-hydrogen) atoms. The Hall–Kier alpha value is -3.09. The Bertz CT molecular complexity index is 883. The third-order valence-electron chi connectivity index (χ3n) is 4.00. The van der Waals surface area contributed by atoms with Gasteiger partial charge in [-0.15, -0.1) is 0 Å². The zero-order chi connectivity index (χ0) is 19.1. The number of amides is 1. The molecule has 2 N–H and O–H groups in total. The average molecular weight is 371 g/mol. The molecule has 0 fully saturated rings. The van der Waals surface area contributed by atoms with Crippen molar-refractivity contribution < 1.29 is 18.7 Å². The topological polar surface area (TPSA) is 76.2 Å². The summed E-state index contributed by atoms with van der Waals surface area (Å²) in [6.07, 6.45) is 0.450. The van der Waals surface area contributed by atoms with E-state index in [0.717, 1.165) is 10.9 Å². The van der Waals surface area contributed by atoms with Crippen LogP contribution in [0.25, 0.3) is 10.9 Å². The maximum absolute atomic E-state index is 12.4. The number of nitrogens with one attached hydrogen (secondary N) is 2. The highest BCUT2D eigenvalue weighted by Crippen LogP contribution is 2.26. The molecule has 1 aromatic heterocycles. The summed E-state index contributed by atoms with van der Waals surface area (Å²) >= 11 is 0. The zero-order valence-electron chi connectivity index (χ0n) is 15.1. The summed E-state index contributed by atoms with van der Waals surface area (Å²) < 4.78 is 23.4. The Morgan fingerprint density at radius 3 is 2.78 bits per heavy atom. The minimum absolute atomic E-state index is 0.304. The number of alkyl halides is 1. The molecule has 7 heteroatoms. The lowest BCUT2D eigenvalue weighted by atomic mass is 10.2. The number of nitrogens with zero attached hydrogens (tertiary/aromatic N) is 1. The van der Waals surface area contributed by atoms with Crippen LogP contribution in [0, 0.1) is 0 Å². The number of carbonyl (C=O) groups is 1. The lowest BCUT2D eigenvalue weighted by molar-refractivity contribution is -0.122. The van der Waals surface area contributed by atoms with E-state index < -0.39 is 6.10 Å². The molecule has 6 nitrogen and oxygen atoms in total. The van der Waals surface area contributed by atoms with Crippen LogP contribution in [-0.2, 0) is 4.79 Å². The highest BCUT2D eigenvalue weighted by Gasteiger charge is 2.17. The molecule has 1 atom stereocenters. The van der Waals surface area contributed by atoms with Crippen LogP contribution in [0.2, 0.25) is 0 Å². The van der Waals surface area contributed by atoms with Gasteiger partial charge in [0.15, 0.2) is 11.9 Å². The normalized spacial score (nSPS) is 11.9. The van der Waals surface area contributed by atoms with Gasteiger partial charge in [-0.05, 0) is 50.1 Å². The highest BCUT2D eigenvalue weighted by atomic mass is 19.1. The van der Waals surface area contributed by atoms with Crippen LogP contribution in [0.1, 0.15) is 19.8 Å². The number of benzene rings is 2. The van der Waals surface area contributed by atoms with Gasteiger partial charge in [0.1, 0.15) is 11.5 Å². The van der Waals surface area contributed by atoms with Crippen molar-refractivity contribution in [2.24, 2.45) is 0 Å². The second kappa shape index (κ2) is 9.02. The third kappa shape index (κ3) is 4.97. The van der Waals surface area contributed by atoms with Crippen LogP contribution >= 0.6 is 0 Å². The molecule has 1 amide bonds. The first-order chi connectivity index (χ1) is 13.2. The Morgan fingerprint density at radius 2 is 2.00 bits per heavy atom. The largest absolute Gasteiger partial charge is 0.494 e. The quantitative estimate of drug-likeness (QED) is 0.555. The van der Waals surface area contributed by atoms with Crippen molar-refractivity contribution in [1.82, 2.24) is 10.2 Å². The van der Waals surface area contributed by atoms with Crippen molar-refractivity contribution in [3.05, 3.63) is 48.5 Å². The lowest BCUT2D eigenvalue weighted by Crippen LogP contribution is -2.30. The van der Waals surface area contributed by atoms with Gasteiger partial charge in [-0.25, -0.2) is 0 Å². The predicted octanol–water partition coefficient (Wildman–Crippen LogP) is 4.10. The van der Waals surface area contributed by atoms with Gasteiger partial charge in [0.05, 0.1) is 18.8 Å². The minimum Gasteiger partial charge on any atom is -0.494 e. The molecule has 3 rings (SSSR count). The molecule has 1 unspecified atom stereocenters. The van der Waals surface area contributed by atoms with Gasteiger partial charge in [-0.1, -0.05) is 18.2 Å². The van der Waals surface area contributed by atoms with Crippen LogP contribution in [-0.4, -0.2) is 35.5 Å². The van der Waals surface area contributed by atoms with E-state index in [4.69, 9.17) is 9.47 Å². The van der Waals surface area contributed by atoms with Crippen molar-refractivity contribution in [3.63, 3.8) is 0 Å². The molecule has 2 aromatic carbocycles. The van der Waals surface area contributed by atoms with Gasteiger partial charge in [0.25, 0.3) is 5.91 Å². The Kier molecular flexibility index (Phi) is 6.25. The van der Waals surface area contributed by atoms with Crippen molar-refractivity contribution in [3.8, 4) is 11.5 Å². The minimum atomic E-state index is -0.681. The second-order valence-corrected chi connectivity index (χ2v) is 6.09. The number of para-hydroxylation sites is 1. The van der Waals surface area contributed by atoms with E-state index >= 15 is 0 Å². The van der Waals surface area contributed by atoms with E-state index in [1.807, 2.05) is 30.3 Å². The number of carbonyl (C=O) groups excluding carboxylic acids is 1. The van der Waals surface area contributed by atoms with E-state index in [1.54, 1.807) is 25.1 Å². The number of aromatic amines is 1. The van der Waals surface area contributed by atoms with Gasteiger partial charge in [-0.3, -0.25) is 14.3 Å². The Balaban J connectivity index is 1.65. The lowest BCUT2D eigenvalue weighted by Gasteiger charge is -2.13. The van der Waals surface area contributed by atoms with Crippen LogP contribution in [0.15, 0.2) is 48.5 Å². The maximum atomic E-state index is 12.4. The molecule has 142 valence electrons.